The fraction of sp³-hybridized carbons (Fsp3) is 0.455. The zero-order valence-corrected chi connectivity index (χ0v) is 10.1. The topological polar surface area (TPSA) is 44.5 Å². The Bertz CT molecular complexity index is 348. The van der Waals surface area contributed by atoms with E-state index >= 15 is 0 Å². The molecule has 0 aromatic heterocycles. The maximum Gasteiger partial charge on any atom is 0.183 e. The first-order chi connectivity index (χ1) is 7.56. The van der Waals surface area contributed by atoms with E-state index in [0.29, 0.717) is 11.4 Å². The molecule has 1 aromatic carbocycles. The zero-order chi connectivity index (χ0) is 12.2. The molecule has 1 rings (SSSR count). The Hall–Kier alpha value is -0.680. The zero-order valence-electron chi connectivity index (χ0n) is 9.30. The molecule has 0 atom stereocenters. The molecule has 2 N–H and O–H groups in total. The summed E-state index contributed by atoms with van der Waals surface area (Å²) < 4.78 is 23.3. The molecule has 0 aliphatic heterocycles. The van der Waals surface area contributed by atoms with E-state index in [1.54, 1.807) is 6.07 Å². The number of methoxy groups -OCH3 is 2. The monoisotopic (exact) mass is 247 g/mol. The number of rotatable bonds is 5. The third-order valence-corrected chi connectivity index (χ3v) is 2.88. The second-order valence-corrected chi connectivity index (χ2v) is 3.84. The summed E-state index contributed by atoms with van der Waals surface area (Å²) in [5, 5.41) is 0.340. The summed E-state index contributed by atoms with van der Waals surface area (Å²) >= 11 is 5.91. The number of halogens is 2. The molecule has 16 heavy (non-hydrogen) atoms. The number of hydrogen-bond acceptors (Lipinski definition) is 3. The highest BCUT2D eigenvalue weighted by molar-refractivity contribution is 6.31. The number of ether oxygens (including phenoxy) is 2. The first kappa shape index (κ1) is 13.4. The van der Waals surface area contributed by atoms with Crippen molar-refractivity contribution in [2.75, 3.05) is 20.8 Å². The van der Waals surface area contributed by atoms with Gasteiger partial charge < -0.3 is 15.2 Å². The van der Waals surface area contributed by atoms with Crippen LogP contribution in [0.2, 0.25) is 5.02 Å². The van der Waals surface area contributed by atoms with Crippen LogP contribution in [-0.4, -0.2) is 26.6 Å². The SMILES string of the molecule is COC(CN)(Cc1ccc(F)cc1Cl)OC. The lowest BCUT2D eigenvalue weighted by atomic mass is 10.0. The highest BCUT2D eigenvalue weighted by Crippen LogP contribution is 2.24. The molecule has 5 heteroatoms. The first-order valence-corrected chi connectivity index (χ1v) is 5.19. The van der Waals surface area contributed by atoms with Crippen molar-refractivity contribution in [2.24, 2.45) is 5.73 Å². The molecule has 0 fully saturated rings. The molecular weight excluding hydrogens is 233 g/mol. The Morgan fingerprint density at radius 2 is 2.00 bits per heavy atom. The lowest BCUT2D eigenvalue weighted by molar-refractivity contribution is -0.197. The summed E-state index contributed by atoms with van der Waals surface area (Å²) in [7, 11) is 3.02. The van der Waals surface area contributed by atoms with Gasteiger partial charge in [-0.1, -0.05) is 17.7 Å². The van der Waals surface area contributed by atoms with Gasteiger partial charge in [0.15, 0.2) is 5.79 Å². The van der Waals surface area contributed by atoms with Crippen LogP contribution in [0.15, 0.2) is 18.2 Å². The van der Waals surface area contributed by atoms with Crippen LogP contribution in [0, 0.1) is 5.82 Å². The second kappa shape index (κ2) is 5.59. The number of hydrogen-bond donors (Lipinski definition) is 1. The summed E-state index contributed by atoms with van der Waals surface area (Å²) in [6.45, 7) is 0.188. The maximum absolute atomic E-state index is 12.9. The maximum atomic E-state index is 12.9. The van der Waals surface area contributed by atoms with E-state index in [1.807, 2.05) is 0 Å². The molecule has 1 aromatic rings. The quantitative estimate of drug-likeness (QED) is 0.809. The van der Waals surface area contributed by atoms with E-state index in [4.69, 9.17) is 26.8 Å². The highest BCUT2D eigenvalue weighted by atomic mass is 35.5. The van der Waals surface area contributed by atoms with Gasteiger partial charge >= 0.3 is 0 Å². The van der Waals surface area contributed by atoms with Crippen LogP contribution >= 0.6 is 11.6 Å². The second-order valence-electron chi connectivity index (χ2n) is 3.44. The van der Waals surface area contributed by atoms with Crippen molar-refractivity contribution in [3.63, 3.8) is 0 Å². The lowest BCUT2D eigenvalue weighted by Gasteiger charge is -2.29. The van der Waals surface area contributed by atoms with Gasteiger partial charge in [-0.3, -0.25) is 0 Å². The average Bonchev–Trinajstić information content (AvgIpc) is 2.29. The van der Waals surface area contributed by atoms with Crippen molar-refractivity contribution in [2.45, 2.75) is 12.2 Å². The molecule has 0 spiro atoms. The Labute approximate surface area is 99.3 Å². The standard InChI is InChI=1S/C11H15ClFNO2/c1-15-11(7-14,16-2)6-8-3-4-9(13)5-10(8)12/h3-5H,6-7,14H2,1-2H3. The summed E-state index contributed by atoms with van der Waals surface area (Å²) in [4.78, 5) is 0. The van der Waals surface area contributed by atoms with Crippen LogP contribution in [0.3, 0.4) is 0 Å². The fourth-order valence-corrected chi connectivity index (χ4v) is 1.66. The van der Waals surface area contributed by atoms with Gasteiger partial charge in [0.2, 0.25) is 0 Å². The molecule has 0 heterocycles. The number of benzene rings is 1. The predicted molar refractivity (Wildman–Crippen MR) is 60.9 cm³/mol. The fourth-order valence-electron chi connectivity index (χ4n) is 1.42. The van der Waals surface area contributed by atoms with E-state index in [0.717, 1.165) is 5.56 Å². The van der Waals surface area contributed by atoms with Gasteiger partial charge in [0.1, 0.15) is 5.82 Å². The molecule has 90 valence electrons. The van der Waals surface area contributed by atoms with Crippen molar-refractivity contribution in [1.82, 2.24) is 0 Å². The first-order valence-electron chi connectivity index (χ1n) is 4.81. The molecule has 0 bridgehead atoms. The molecule has 0 unspecified atom stereocenters. The van der Waals surface area contributed by atoms with Crippen LogP contribution < -0.4 is 5.73 Å². The van der Waals surface area contributed by atoms with Crippen LogP contribution in [0.4, 0.5) is 4.39 Å². The molecular formula is C11H15ClFNO2. The third kappa shape index (κ3) is 2.92. The van der Waals surface area contributed by atoms with E-state index in [9.17, 15) is 4.39 Å². The summed E-state index contributed by atoms with van der Waals surface area (Å²) in [5.74, 6) is -1.29. The highest BCUT2D eigenvalue weighted by Gasteiger charge is 2.29. The van der Waals surface area contributed by atoms with Gasteiger partial charge in [-0.05, 0) is 17.7 Å². The van der Waals surface area contributed by atoms with Crippen molar-refractivity contribution < 1.29 is 13.9 Å². The third-order valence-electron chi connectivity index (χ3n) is 2.53. The van der Waals surface area contributed by atoms with Gasteiger partial charge in [-0.25, -0.2) is 4.39 Å². The Morgan fingerprint density at radius 3 is 2.44 bits per heavy atom. The van der Waals surface area contributed by atoms with Gasteiger partial charge in [-0.2, -0.15) is 0 Å². The minimum Gasteiger partial charge on any atom is -0.352 e. The lowest BCUT2D eigenvalue weighted by Crippen LogP contribution is -2.43. The van der Waals surface area contributed by atoms with Gasteiger partial charge in [-0.15, -0.1) is 0 Å². The van der Waals surface area contributed by atoms with Gasteiger partial charge in [0.05, 0.1) is 0 Å². The van der Waals surface area contributed by atoms with Crippen molar-refractivity contribution in [1.29, 1.82) is 0 Å². The van der Waals surface area contributed by atoms with Gasteiger partial charge in [0.25, 0.3) is 0 Å². The van der Waals surface area contributed by atoms with Gasteiger partial charge in [0, 0.05) is 32.2 Å². The Morgan fingerprint density at radius 1 is 1.38 bits per heavy atom. The summed E-state index contributed by atoms with van der Waals surface area (Å²) in [6, 6.07) is 4.19. The Kier molecular flexibility index (Phi) is 4.68. The van der Waals surface area contributed by atoms with E-state index < -0.39 is 5.79 Å². The van der Waals surface area contributed by atoms with E-state index in [-0.39, 0.29) is 12.4 Å². The normalized spacial score (nSPS) is 11.8. The average molecular weight is 248 g/mol. The smallest absolute Gasteiger partial charge is 0.183 e. The van der Waals surface area contributed by atoms with Crippen LogP contribution in [0.5, 0.6) is 0 Å². The minimum atomic E-state index is -0.915. The minimum absolute atomic E-state index is 0.188. The van der Waals surface area contributed by atoms with E-state index in [2.05, 4.69) is 0 Å². The molecule has 0 saturated heterocycles. The molecule has 0 aliphatic carbocycles. The van der Waals surface area contributed by atoms with E-state index in [1.165, 1.54) is 26.4 Å². The largest absolute Gasteiger partial charge is 0.352 e. The van der Waals surface area contributed by atoms with Crippen LogP contribution in [0.25, 0.3) is 0 Å². The molecule has 0 aliphatic rings. The predicted octanol–water partition coefficient (Wildman–Crippen LogP) is 1.97. The van der Waals surface area contributed by atoms with Crippen molar-refractivity contribution >= 4 is 11.6 Å². The van der Waals surface area contributed by atoms with Crippen LogP contribution in [0.1, 0.15) is 5.56 Å². The molecule has 0 amide bonds. The summed E-state index contributed by atoms with van der Waals surface area (Å²) in [5.41, 5.74) is 6.32. The van der Waals surface area contributed by atoms with Crippen molar-refractivity contribution in [3.05, 3.63) is 34.6 Å². The summed E-state index contributed by atoms with van der Waals surface area (Å²) in [6.07, 6.45) is 0.371. The van der Waals surface area contributed by atoms with Crippen LogP contribution in [-0.2, 0) is 15.9 Å². The molecule has 3 nitrogen and oxygen atoms in total. The Balaban J connectivity index is 2.93. The van der Waals surface area contributed by atoms with Crippen molar-refractivity contribution in [3.8, 4) is 0 Å². The number of nitrogens with two attached hydrogens (primary N) is 1. The molecule has 0 radical (unpaired) electrons. The molecule has 0 saturated carbocycles.